The molecule has 14 heteroatoms. The number of fused-ring (bicyclic) bond motifs is 2. The quantitative estimate of drug-likeness (QED) is 0.154. The molecule has 1 saturated carbocycles. The van der Waals surface area contributed by atoms with Crippen LogP contribution in [0.1, 0.15) is 56.2 Å². The zero-order valence-electron chi connectivity index (χ0n) is 28.7. The third-order valence-corrected chi connectivity index (χ3v) is 12.0. The van der Waals surface area contributed by atoms with Crippen LogP contribution in [0.15, 0.2) is 76.8 Å². The highest BCUT2D eigenvalue weighted by atomic mass is 79.9. The second-order valence-corrected chi connectivity index (χ2v) is 17.2. The smallest absolute Gasteiger partial charge is 0.411 e. The number of rotatable bonds is 11. The first-order valence-electron chi connectivity index (χ1n) is 17.0. The van der Waals surface area contributed by atoms with Crippen molar-refractivity contribution in [1.29, 1.82) is 0 Å². The van der Waals surface area contributed by atoms with E-state index in [-0.39, 0.29) is 36.2 Å². The number of nitrogens with zero attached hydrogens (tertiary/aromatic N) is 2. The molecule has 1 unspecified atom stereocenters. The number of hydrogen-bond acceptors (Lipinski definition) is 5. The van der Waals surface area contributed by atoms with Gasteiger partial charge >= 0.3 is 6.09 Å². The van der Waals surface area contributed by atoms with E-state index in [2.05, 4.69) is 33.4 Å². The van der Waals surface area contributed by atoms with Crippen molar-refractivity contribution >= 4 is 92.3 Å². The van der Waals surface area contributed by atoms with Crippen molar-refractivity contribution < 1.29 is 23.5 Å². The summed E-state index contributed by atoms with van der Waals surface area (Å²) in [6, 6.07) is 19.3. The van der Waals surface area contributed by atoms with Crippen LogP contribution in [0, 0.1) is 5.82 Å². The number of aryl methyl sites for hydroxylation is 1. The second kappa shape index (κ2) is 17.1. The molecule has 1 N–H and O–H groups in total. The highest BCUT2D eigenvalue weighted by molar-refractivity contribution is 9.10. The standard InChI is InChI=1S/C38H39BrCl4FN3O4.ClH/c1-37(2,38(41,42)43)51-36(49)47-28-19-29(24-11-9-23(10-12-24)6-5-17-50-33-18-26(44)13-16-30(33)39)34(32(47)21-45-20-28)35(48)46(27-14-15-27)22-25-7-3-4-8-31(25)40;/h3-4,7-13,16,18,27-28,32,45H,5-6,14-15,17,19-22H2,1-2H3;1H/t28?,32-;/m1./s1. The lowest BCUT2D eigenvalue weighted by molar-refractivity contribution is -0.129. The number of benzene rings is 3. The summed E-state index contributed by atoms with van der Waals surface area (Å²) in [5, 5.41) is 4.03. The fraction of sp³-hybridized carbons (Fsp3) is 0.421. The van der Waals surface area contributed by atoms with Crippen molar-refractivity contribution in [2.75, 3.05) is 19.7 Å². The molecule has 1 saturated heterocycles. The summed E-state index contributed by atoms with van der Waals surface area (Å²) < 4.78 is 24.1. The minimum Gasteiger partial charge on any atom is -0.492 e. The summed E-state index contributed by atoms with van der Waals surface area (Å²) in [4.78, 5) is 32.4. The lowest BCUT2D eigenvalue weighted by Crippen LogP contribution is -2.64. The van der Waals surface area contributed by atoms with Crippen LogP contribution in [0.25, 0.3) is 5.57 Å². The van der Waals surface area contributed by atoms with E-state index in [0.717, 1.165) is 47.9 Å². The Labute approximate surface area is 338 Å². The van der Waals surface area contributed by atoms with E-state index in [0.29, 0.717) is 53.5 Å². The average Bonchev–Trinajstić information content (AvgIpc) is 3.92. The Bertz CT molecular complexity index is 1800. The molecule has 1 aliphatic carbocycles. The first-order chi connectivity index (χ1) is 24.2. The van der Waals surface area contributed by atoms with Crippen LogP contribution >= 0.6 is 74.7 Å². The van der Waals surface area contributed by atoms with E-state index >= 15 is 0 Å². The van der Waals surface area contributed by atoms with Gasteiger partial charge in [-0.25, -0.2) is 9.18 Å². The van der Waals surface area contributed by atoms with Gasteiger partial charge in [-0.2, -0.15) is 0 Å². The lowest BCUT2D eigenvalue weighted by Gasteiger charge is -2.48. The van der Waals surface area contributed by atoms with Crippen LogP contribution in [0.5, 0.6) is 5.75 Å². The van der Waals surface area contributed by atoms with Gasteiger partial charge in [-0.05, 0) is 102 Å². The van der Waals surface area contributed by atoms with Crippen molar-refractivity contribution in [3.05, 3.63) is 104 Å². The van der Waals surface area contributed by atoms with Crippen molar-refractivity contribution in [2.45, 2.75) is 80.0 Å². The molecule has 2 bridgehead atoms. The maximum absolute atomic E-state index is 14.9. The molecule has 2 aliphatic heterocycles. The Morgan fingerprint density at radius 1 is 1.04 bits per heavy atom. The Morgan fingerprint density at radius 3 is 2.42 bits per heavy atom. The first kappa shape index (κ1) is 40.9. The fourth-order valence-corrected chi connectivity index (χ4v) is 7.26. The number of hydrogen-bond donors (Lipinski definition) is 1. The van der Waals surface area contributed by atoms with Crippen LogP contribution in [0.2, 0.25) is 5.02 Å². The molecule has 0 aromatic heterocycles. The third-order valence-electron chi connectivity index (χ3n) is 9.62. The maximum Gasteiger partial charge on any atom is 0.411 e. The zero-order valence-corrected chi connectivity index (χ0v) is 34.1. The monoisotopic (exact) mass is 875 g/mol. The van der Waals surface area contributed by atoms with E-state index < -0.39 is 21.5 Å². The Morgan fingerprint density at radius 2 is 1.75 bits per heavy atom. The summed E-state index contributed by atoms with van der Waals surface area (Å²) >= 11 is 28.6. The van der Waals surface area contributed by atoms with Gasteiger partial charge in [0.1, 0.15) is 11.6 Å². The molecule has 0 spiro atoms. The number of carbonyl (C=O) groups excluding carboxylic acids is 2. The topological polar surface area (TPSA) is 71.1 Å². The maximum atomic E-state index is 14.9. The molecule has 2 atom stereocenters. The van der Waals surface area contributed by atoms with E-state index in [4.69, 9.17) is 55.9 Å². The number of carbonyl (C=O) groups is 2. The minimum absolute atomic E-state index is 0. The highest BCUT2D eigenvalue weighted by Crippen LogP contribution is 2.44. The number of nitrogens with one attached hydrogen (secondary N) is 1. The predicted octanol–water partition coefficient (Wildman–Crippen LogP) is 9.95. The van der Waals surface area contributed by atoms with Crippen LogP contribution in [0.4, 0.5) is 9.18 Å². The van der Waals surface area contributed by atoms with Crippen molar-refractivity contribution in [3.8, 4) is 5.75 Å². The Hall–Kier alpha value is -2.24. The minimum atomic E-state index is -1.87. The lowest BCUT2D eigenvalue weighted by atomic mass is 9.81. The van der Waals surface area contributed by atoms with Crippen molar-refractivity contribution in [3.63, 3.8) is 0 Å². The number of amides is 2. The molecule has 280 valence electrons. The first-order valence-corrected chi connectivity index (χ1v) is 19.3. The molecular formula is C38H40BrCl5FN3O4. The molecule has 2 amide bonds. The Kier molecular flexibility index (Phi) is 13.4. The molecule has 0 radical (unpaired) electrons. The summed E-state index contributed by atoms with van der Waals surface area (Å²) in [7, 11) is 0. The molecule has 52 heavy (non-hydrogen) atoms. The molecule has 7 nitrogen and oxygen atoms in total. The van der Waals surface area contributed by atoms with Gasteiger partial charge < -0.3 is 19.7 Å². The summed E-state index contributed by atoms with van der Waals surface area (Å²) in [6.07, 6.45) is 3.04. The van der Waals surface area contributed by atoms with Gasteiger partial charge in [0, 0.05) is 42.3 Å². The largest absolute Gasteiger partial charge is 0.492 e. The molecule has 2 fully saturated rings. The van der Waals surface area contributed by atoms with Gasteiger partial charge in [0.2, 0.25) is 3.79 Å². The Balaban J connectivity index is 0.00000523. The number of alkyl halides is 3. The van der Waals surface area contributed by atoms with E-state index in [1.807, 2.05) is 41.3 Å². The molecular weight excluding hydrogens is 839 g/mol. The number of ether oxygens (including phenoxy) is 2. The van der Waals surface area contributed by atoms with Gasteiger partial charge in [0.15, 0.2) is 5.60 Å². The molecule has 3 aliphatic rings. The number of piperazine rings is 1. The SMILES string of the molecule is CC(C)(OC(=O)N1C2CNC[C@@H]1C(C(=O)N(Cc1ccccc1Cl)C1CC1)=C(c1ccc(CCCOc3cc(F)ccc3Br)cc1)C2)C(Cl)(Cl)Cl.Cl. The fourth-order valence-electron chi connectivity index (χ4n) is 6.58. The molecule has 2 heterocycles. The van der Waals surface area contributed by atoms with Gasteiger partial charge in [0.25, 0.3) is 5.91 Å². The molecule has 3 aromatic carbocycles. The van der Waals surface area contributed by atoms with Gasteiger partial charge in [-0.3, -0.25) is 9.69 Å². The van der Waals surface area contributed by atoms with Gasteiger partial charge in [-0.15, -0.1) is 12.4 Å². The van der Waals surface area contributed by atoms with Crippen LogP contribution in [-0.2, 0) is 22.5 Å². The number of halogens is 7. The highest BCUT2D eigenvalue weighted by Gasteiger charge is 2.50. The molecule has 6 rings (SSSR count). The van der Waals surface area contributed by atoms with Gasteiger partial charge in [0.05, 0.1) is 23.2 Å². The molecule has 3 aromatic rings. The zero-order chi connectivity index (χ0) is 36.5. The third kappa shape index (κ3) is 9.34. The predicted molar refractivity (Wildman–Crippen MR) is 211 cm³/mol. The second-order valence-electron chi connectivity index (χ2n) is 13.7. The normalized spacial score (nSPS) is 18.8. The van der Waals surface area contributed by atoms with Crippen molar-refractivity contribution in [2.24, 2.45) is 0 Å². The summed E-state index contributed by atoms with van der Waals surface area (Å²) in [6.45, 7) is 4.74. The average molecular weight is 879 g/mol. The summed E-state index contributed by atoms with van der Waals surface area (Å²) in [5.74, 6) is -0.0209. The van der Waals surface area contributed by atoms with E-state index in [9.17, 15) is 14.0 Å². The van der Waals surface area contributed by atoms with Crippen LogP contribution in [-0.4, -0.2) is 69.0 Å². The van der Waals surface area contributed by atoms with Crippen LogP contribution in [0.3, 0.4) is 0 Å². The van der Waals surface area contributed by atoms with Crippen LogP contribution < -0.4 is 10.1 Å². The summed E-state index contributed by atoms with van der Waals surface area (Å²) in [5.41, 5.74) is 2.89. The van der Waals surface area contributed by atoms with Crippen molar-refractivity contribution in [1.82, 2.24) is 15.1 Å². The van der Waals surface area contributed by atoms with E-state index in [1.54, 1.807) is 24.8 Å². The van der Waals surface area contributed by atoms with Gasteiger partial charge in [-0.1, -0.05) is 88.9 Å². The van der Waals surface area contributed by atoms with E-state index in [1.165, 1.54) is 12.1 Å².